The summed E-state index contributed by atoms with van der Waals surface area (Å²) in [4.78, 5) is 2.59. The smallest absolute Gasteiger partial charge is 0.0586 e. The summed E-state index contributed by atoms with van der Waals surface area (Å²) in [6.45, 7) is 7.54. The third-order valence-corrected chi connectivity index (χ3v) is 3.80. The van der Waals surface area contributed by atoms with Crippen molar-refractivity contribution in [3.63, 3.8) is 0 Å². The highest BCUT2D eigenvalue weighted by molar-refractivity contribution is 4.81. The molecule has 3 unspecified atom stereocenters. The van der Waals surface area contributed by atoms with Gasteiger partial charge in [-0.2, -0.15) is 0 Å². The minimum Gasteiger partial charge on any atom is -0.381 e. The second-order valence-corrected chi connectivity index (χ2v) is 5.11. The van der Waals surface area contributed by atoms with Gasteiger partial charge in [-0.3, -0.25) is 0 Å². The van der Waals surface area contributed by atoms with Crippen LogP contribution in [0.25, 0.3) is 0 Å². The first-order valence-corrected chi connectivity index (χ1v) is 6.68. The van der Waals surface area contributed by atoms with Crippen LogP contribution in [-0.4, -0.2) is 43.8 Å². The Balaban J connectivity index is 2.44. The zero-order valence-corrected chi connectivity index (χ0v) is 11.1. The second kappa shape index (κ2) is 7.25. The molecule has 0 aromatic carbocycles. The van der Waals surface area contributed by atoms with Crippen molar-refractivity contribution in [2.45, 2.75) is 51.7 Å². The molecule has 0 aliphatic heterocycles. The van der Waals surface area contributed by atoms with Crippen molar-refractivity contribution in [1.82, 2.24) is 4.90 Å². The van der Waals surface area contributed by atoms with Gasteiger partial charge in [0.15, 0.2) is 0 Å². The molecule has 3 nitrogen and oxygen atoms in total. The number of hydrogen-bond acceptors (Lipinski definition) is 3. The van der Waals surface area contributed by atoms with Gasteiger partial charge in [-0.25, -0.2) is 0 Å². The second-order valence-electron chi connectivity index (χ2n) is 5.11. The number of nitrogens with zero attached hydrogens (tertiary/aromatic N) is 1. The van der Waals surface area contributed by atoms with Crippen molar-refractivity contribution < 1.29 is 4.74 Å². The fourth-order valence-corrected chi connectivity index (χ4v) is 2.68. The highest BCUT2D eigenvalue weighted by Gasteiger charge is 2.26. The number of hydrogen-bond donors (Lipinski definition) is 1. The van der Waals surface area contributed by atoms with E-state index in [1.165, 1.54) is 25.7 Å². The molecule has 1 aliphatic carbocycles. The molecule has 16 heavy (non-hydrogen) atoms. The molecule has 3 atom stereocenters. The van der Waals surface area contributed by atoms with Crippen LogP contribution in [0.5, 0.6) is 0 Å². The molecule has 0 saturated heterocycles. The van der Waals surface area contributed by atoms with E-state index in [2.05, 4.69) is 18.7 Å². The maximum Gasteiger partial charge on any atom is 0.0586 e. The maximum absolute atomic E-state index is 5.71. The fourth-order valence-electron chi connectivity index (χ4n) is 2.68. The summed E-state index contributed by atoms with van der Waals surface area (Å²) in [5.41, 5.74) is 5.71. The summed E-state index contributed by atoms with van der Waals surface area (Å²) < 4.78 is 5.50. The summed E-state index contributed by atoms with van der Waals surface area (Å²) in [6.07, 6.45) is 5.53. The number of methoxy groups -OCH3 is 1. The van der Waals surface area contributed by atoms with Gasteiger partial charge in [0, 0.05) is 19.7 Å². The molecule has 0 aromatic rings. The lowest BCUT2D eigenvalue weighted by molar-refractivity contribution is 0.0259. The Labute approximate surface area is 100 Å². The molecule has 3 heteroatoms. The van der Waals surface area contributed by atoms with Gasteiger partial charge >= 0.3 is 0 Å². The monoisotopic (exact) mass is 228 g/mol. The zero-order chi connectivity index (χ0) is 12.0. The van der Waals surface area contributed by atoms with Crippen LogP contribution in [0.1, 0.15) is 39.5 Å². The molecule has 0 bridgehead atoms. The molecule has 0 heterocycles. The van der Waals surface area contributed by atoms with E-state index < -0.39 is 0 Å². The molecular formula is C13H28N2O. The molecule has 0 radical (unpaired) electrons. The lowest BCUT2D eigenvalue weighted by Gasteiger charge is -2.37. The summed E-state index contributed by atoms with van der Waals surface area (Å²) in [5, 5.41) is 0. The molecule has 1 aliphatic rings. The van der Waals surface area contributed by atoms with Crippen molar-refractivity contribution >= 4 is 0 Å². The van der Waals surface area contributed by atoms with E-state index in [-0.39, 0.29) is 0 Å². The molecular weight excluding hydrogens is 200 g/mol. The first-order chi connectivity index (χ1) is 7.71. The third kappa shape index (κ3) is 4.04. The van der Waals surface area contributed by atoms with Crippen molar-refractivity contribution in [3.05, 3.63) is 0 Å². The van der Waals surface area contributed by atoms with E-state index in [0.29, 0.717) is 18.1 Å². The minimum atomic E-state index is 0.473. The van der Waals surface area contributed by atoms with Crippen molar-refractivity contribution in [2.75, 3.05) is 26.7 Å². The van der Waals surface area contributed by atoms with E-state index in [4.69, 9.17) is 10.5 Å². The zero-order valence-electron chi connectivity index (χ0n) is 11.1. The first kappa shape index (κ1) is 13.9. The van der Waals surface area contributed by atoms with Gasteiger partial charge < -0.3 is 15.4 Å². The predicted octanol–water partition coefficient (Wildman–Crippen LogP) is 1.86. The molecule has 0 amide bonds. The van der Waals surface area contributed by atoms with Crippen LogP contribution in [0.3, 0.4) is 0 Å². The van der Waals surface area contributed by atoms with Crippen LogP contribution >= 0.6 is 0 Å². The quantitative estimate of drug-likeness (QED) is 0.754. The highest BCUT2D eigenvalue weighted by atomic mass is 16.5. The summed E-state index contributed by atoms with van der Waals surface area (Å²) >= 11 is 0. The average molecular weight is 228 g/mol. The minimum absolute atomic E-state index is 0.473. The Hall–Kier alpha value is -0.120. The number of nitrogens with two attached hydrogens (primary N) is 1. The van der Waals surface area contributed by atoms with Crippen LogP contribution in [-0.2, 0) is 4.74 Å². The van der Waals surface area contributed by atoms with Gasteiger partial charge in [0.25, 0.3) is 0 Å². The van der Waals surface area contributed by atoms with E-state index in [1.54, 1.807) is 0 Å². The topological polar surface area (TPSA) is 38.5 Å². The van der Waals surface area contributed by atoms with E-state index in [9.17, 15) is 0 Å². The van der Waals surface area contributed by atoms with Crippen LogP contribution in [0, 0.1) is 5.92 Å². The Bertz CT molecular complexity index is 185. The van der Waals surface area contributed by atoms with E-state index in [0.717, 1.165) is 19.6 Å². The van der Waals surface area contributed by atoms with Gasteiger partial charge in [0.05, 0.1) is 6.10 Å². The number of rotatable bonds is 6. The summed E-state index contributed by atoms with van der Waals surface area (Å²) in [7, 11) is 1.84. The maximum atomic E-state index is 5.71. The van der Waals surface area contributed by atoms with Gasteiger partial charge in [0.1, 0.15) is 0 Å². The largest absolute Gasteiger partial charge is 0.381 e. The van der Waals surface area contributed by atoms with Gasteiger partial charge in [-0.05, 0) is 44.7 Å². The predicted molar refractivity (Wildman–Crippen MR) is 68.5 cm³/mol. The normalized spacial score (nSPS) is 28.3. The van der Waals surface area contributed by atoms with E-state index >= 15 is 0 Å². The third-order valence-electron chi connectivity index (χ3n) is 3.80. The summed E-state index contributed by atoms with van der Waals surface area (Å²) in [6, 6.07) is 0.706. The molecule has 0 aromatic heterocycles. The Morgan fingerprint density at radius 3 is 2.75 bits per heavy atom. The van der Waals surface area contributed by atoms with Crippen molar-refractivity contribution in [1.29, 1.82) is 0 Å². The lowest BCUT2D eigenvalue weighted by atomic mass is 9.91. The van der Waals surface area contributed by atoms with E-state index in [1.807, 2.05) is 7.11 Å². The molecule has 1 fully saturated rings. The molecule has 0 spiro atoms. The molecule has 1 saturated carbocycles. The van der Waals surface area contributed by atoms with Crippen LogP contribution in [0.15, 0.2) is 0 Å². The first-order valence-electron chi connectivity index (χ1n) is 6.68. The van der Waals surface area contributed by atoms with Gasteiger partial charge in [0.2, 0.25) is 0 Å². The van der Waals surface area contributed by atoms with Crippen LogP contribution in [0.2, 0.25) is 0 Å². The number of ether oxygens (including phenoxy) is 1. The Morgan fingerprint density at radius 2 is 2.19 bits per heavy atom. The molecule has 1 rings (SSSR count). The SMILES string of the molecule is CCN(CC(C)CN)C1CCCC(OC)C1. The molecule has 2 N–H and O–H groups in total. The van der Waals surface area contributed by atoms with Crippen LogP contribution < -0.4 is 5.73 Å². The van der Waals surface area contributed by atoms with Gasteiger partial charge in [-0.1, -0.05) is 13.8 Å². The highest BCUT2D eigenvalue weighted by Crippen LogP contribution is 2.25. The summed E-state index contributed by atoms with van der Waals surface area (Å²) in [5.74, 6) is 0.600. The van der Waals surface area contributed by atoms with Crippen molar-refractivity contribution in [3.8, 4) is 0 Å². The fraction of sp³-hybridized carbons (Fsp3) is 1.00. The lowest BCUT2D eigenvalue weighted by Crippen LogP contribution is -2.43. The van der Waals surface area contributed by atoms with Crippen LogP contribution in [0.4, 0.5) is 0 Å². The Morgan fingerprint density at radius 1 is 1.44 bits per heavy atom. The van der Waals surface area contributed by atoms with Gasteiger partial charge in [-0.15, -0.1) is 0 Å². The standard InChI is InChI=1S/C13H28N2O/c1-4-15(10-11(2)9-14)12-6-5-7-13(8-12)16-3/h11-13H,4-10,14H2,1-3H3. The molecule has 96 valence electrons. The van der Waals surface area contributed by atoms with Crippen molar-refractivity contribution in [2.24, 2.45) is 11.7 Å². The Kier molecular flexibility index (Phi) is 6.32. The average Bonchev–Trinajstić information content (AvgIpc) is 2.35.